The Kier molecular flexibility index (Phi) is 1.51. The predicted octanol–water partition coefficient (Wildman–Crippen LogP) is -0.159. The number of carbonyl (C=O) groups excluding carboxylic acids is 2. The lowest BCUT2D eigenvalue weighted by Gasteiger charge is -1.98. The number of amides is 1. The first-order valence-corrected chi connectivity index (χ1v) is 3.04. The molecule has 1 fully saturated rings. The molecule has 0 aromatic carbocycles. The molecule has 9 heavy (non-hydrogen) atoms. The van der Waals surface area contributed by atoms with Gasteiger partial charge in [0.1, 0.15) is 5.78 Å². The summed E-state index contributed by atoms with van der Waals surface area (Å²) in [6.45, 7) is 0. The van der Waals surface area contributed by atoms with Crippen LogP contribution in [0.1, 0.15) is 19.3 Å². The lowest BCUT2D eigenvalue weighted by Crippen LogP contribution is -2.25. The van der Waals surface area contributed by atoms with E-state index in [9.17, 15) is 9.59 Å². The highest BCUT2D eigenvalue weighted by Gasteiger charge is 2.28. The Hall–Kier alpha value is -0.860. The molecular formula is C6H9NO2. The van der Waals surface area contributed by atoms with Gasteiger partial charge in [-0.3, -0.25) is 9.59 Å². The molecule has 0 aromatic rings. The average molecular weight is 127 g/mol. The first-order chi connectivity index (χ1) is 4.22. The van der Waals surface area contributed by atoms with E-state index in [0.29, 0.717) is 12.8 Å². The second-order valence-electron chi connectivity index (χ2n) is 2.31. The van der Waals surface area contributed by atoms with Gasteiger partial charge in [-0.05, 0) is 12.8 Å². The van der Waals surface area contributed by atoms with Crippen LogP contribution in [-0.4, -0.2) is 11.7 Å². The van der Waals surface area contributed by atoms with E-state index in [1.165, 1.54) is 0 Å². The summed E-state index contributed by atoms with van der Waals surface area (Å²) in [5, 5.41) is 0. The first kappa shape index (κ1) is 6.26. The third kappa shape index (κ3) is 1.09. The predicted molar refractivity (Wildman–Crippen MR) is 31.5 cm³/mol. The van der Waals surface area contributed by atoms with Gasteiger partial charge in [-0.15, -0.1) is 0 Å². The standard InChI is InChI=1S/C6H9NO2/c7-6(9)4-2-1-3-5(4)8/h4H,1-3H2,(H2,7,9)/t4-/m1/s1. The van der Waals surface area contributed by atoms with E-state index in [1.54, 1.807) is 0 Å². The number of primary amides is 1. The summed E-state index contributed by atoms with van der Waals surface area (Å²) in [7, 11) is 0. The van der Waals surface area contributed by atoms with E-state index in [-0.39, 0.29) is 5.78 Å². The highest BCUT2D eigenvalue weighted by atomic mass is 16.2. The fraction of sp³-hybridized carbons (Fsp3) is 0.667. The normalized spacial score (nSPS) is 26.7. The maximum absolute atomic E-state index is 10.7. The minimum Gasteiger partial charge on any atom is -0.369 e. The van der Waals surface area contributed by atoms with Crippen molar-refractivity contribution in [2.24, 2.45) is 11.7 Å². The number of hydrogen-bond acceptors (Lipinski definition) is 2. The molecule has 3 nitrogen and oxygen atoms in total. The van der Waals surface area contributed by atoms with E-state index < -0.39 is 11.8 Å². The van der Waals surface area contributed by atoms with Crippen molar-refractivity contribution in [1.29, 1.82) is 0 Å². The number of rotatable bonds is 1. The minimum absolute atomic E-state index is 0.0162. The van der Waals surface area contributed by atoms with Crippen LogP contribution in [0.2, 0.25) is 0 Å². The molecule has 1 rings (SSSR count). The van der Waals surface area contributed by atoms with Gasteiger partial charge in [0, 0.05) is 6.42 Å². The summed E-state index contributed by atoms with van der Waals surface area (Å²) < 4.78 is 0. The Morgan fingerprint density at radius 1 is 1.67 bits per heavy atom. The lowest BCUT2D eigenvalue weighted by atomic mass is 10.1. The summed E-state index contributed by atoms with van der Waals surface area (Å²) in [6, 6.07) is 0. The minimum atomic E-state index is -0.468. The molecule has 0 aromatic heterocycles. The van der Waals surface area contributed by atoms with Gasteiger partial charge in [0.05, 0.1) is 5.92 Å². The third-order valence-corrected chi connectivity index (χ3v) is 1.65. The third-order valence-electron chi connectivity index (χ3n) is 1.65. The molecule has 3 heteroatoms. The molecule has 50 valence electrons. The molecule has 0 heterocycles. The Balaban J connectivity index is 2.60. The van der Waals surface area contributed by atoms with Crippen LogP contribution in [0.3, 0.4) is 0 Å². The molecule has 0 saturated heterocycles. The average Bonchev–Trinajstić information content (AvgIpc) is 2.13. The highest BCUT2D eigenvalue weighted by molar-refractivity contribution is 6.01. The number of nitrogens with two attached hydrogens (primary N) is 1. The van der Waals surface area contributed by atoms with Crippen molar-refractivity contribution in [3.8, 4) is 0 Å². The largest absolute Gasteiger partial charge is 0.369 e. The number of ketones is 1. The van der Waals surface area contributed by atoms with Crippen molar-refractivity contribution in [2.75, 3.05) is 0 Å². The Bertz CT molecular complexity index is 153. The summed E-state index contributed by atoms with van der Waals surface area (Å²) >= 11 is 0. The van der Waals surface area contributed by atoms with Crippen molar-refractivity contribution in [3.05, 3.63) is 0 Å². The van der Waals surface area contributed by atoms with Gasteiger partial charge >= 0.3 is 0 Å². The van der Waals surface area contributed by atoms with E-state index in [0.717, 1.165) is 6.42 Å². The van der Waals surface area contributed by atoms with Gasteiger partial charge in [-0.25, -0.2) is 0 Å². The van der Waals surface area contributed by atoms with Crippen LogP contribution in [0.15, 0.2) is 0 Å². The Morgan fingerprint density at radius 3 is 2.56 bits per heavy atom. The zero-order chi connectivity index (χ0) is 6.85. The first-order valence-electron chi connectivity index (χ1n) is 3.04. The van der Waals surface area contributed by atoms with Gasteiger partial charge in [0.15, 0.2) is 0 Å². The Morgan fingerprint density at radius 2 is 2.33 bits per heavy atom. The quantitative estimate of drug-likeness (QED) is 0.497. The van der Waals surface area contributed by atoms with Crippen LogP contribution >= 0.6 is 0 Å². The molecule has 1 saturated carbocycles. The van der Waals surface area contributed by atoms with Crippen LogP contribution in [0.4, 0.5) is 0 Å². The molecule has 0 aliphatic heterocycles. The molecule has 0 unspecified atom stereocenters. The Labute approximate surface area is 53.2 Å². The second kappa shape index (κ2) is 2.17. The topological polar surface area (TPSA) is 60.2 Å². The van der Waals surface area contributed by atoms with Crippen LogP contribution in [0, 0.1) is 5.92 Å². The smallest absolute Gasteiger partial charge is 0.227 e. The van der Waals surface area contributed by atoms with Crippen molar-refractivity contribution in [2.45, 2.75) is 19.3 Å². The summed E-state index contributed by atoms with van der Waals surface area (Å²) in [5.41, 5.74) is 4.93. The molecule has 2 N–H and O–H groups in total. The zero-order valence-corrected chi connectivity index (χ0v) is 5.09. The molecule has 0 bridgehead atoms. The molecule has 1 aliphatic carbocycles. The van der Waals surface area contributed by atoms with E-state index in [2.05, 4.69) is 0 Å². The van der Waals surface area contributed by atoms with E-state index in [1.807, 2.05) is 0 Å². The van der Waals surface area contributed by atoms with Gasteiger partial charge in [-0.2, -0.15) is 0 Å². The van der Waals surface area contributed by atoms with E-state index >= 15 is 0 Å². The van der Waals surface area contributed by atoms with Gasteiger partial charge in [-0.1, -0.05) is 0 Å². The van der Waals surface area contributed by atoms with Crippen molar-refractivity contribution in [1.82, 2.24) is 0 Å². The summed E-state index contributed by atoms with van der Waals surface area (Å²) in [6.07, 6.45) is 2.02. The molecule has 1 aliphatic rings. The van der Waals surface area contributed by atoms with E-state index in [4.69, 9.17) is 5.73 Å². The monoisotopic (exact) mass is 127 g/mol. The second-order valence-corrected chi connectivity index (χ2v) is 2.31. The van der Waals surface area contributed by atoms with Crippen molar-refractivity contribution in [3.63, 3.8) is 0 Å². The SMILES string of the molecule is NC(=O)[C@@H]1CCCC1=O. The number of hydrogen-bond donors (Lipinski definition) is 1. The van der Waals surface area contributed by atoms with Crippen molar-refractivity contribution < 1.29 is 9.59 Å². The number of carbonyl (C=O) groups is 2. The van der Waals surface area contributed by atoms with Gasteiger partial charge in [0.2, 0.25) is 5.91 Å². The fourth-order valence-electron chi connectivity index (χ4n) is 1.12. The van der Waals surface area contributed by atoms with Crippen LogP contribution in [0.5, 0.6) is 0 Å². The molecule has 0 spiro atoms. The van der Waals surface area contributed by atoms with Crippen LogP contribution < -0.4 is 5.73 Å². The zero-order valence-electron chi connectivity index (χ0n) is 5.09. The molecular weight excluding hydrogens is 118 g/mol. The lowest BCUT2D eigenvalue weighted by molar-refractivity contribution is -0.130. The summed E-state index contributed by atoms with van der Waals surface area (Å²) in [5.74, 6) is -0.912. The van der Waals surface area contributed by atoms with Crippen LogP contribution in [0.25, 0.3) is 0 Å². The molecule has 0 radical (unpaired) electrons. The van der Waals surface area contributed by atoms with Crippen LogP contribution in [-0.2, 0) is 9.59 Å². The van der Waals surface area contributed by atoms with Gasteiger partial charge in [0.25, 0.3) is 0 Å². The summed E-state index contributed by atoms with van der Waals surface area (Å²) in [4.78, 5) is 21.1. The maximum Gasteiger partial charge on any atom is 0.227 e. The number of Topliss-reactive ketones (excluding diaryl/α,β-unsaturated/α-hetero) is 1. The molecule has 1 atom stereocenters. The van der Waals surface area contributed by atoms with Gasteiger partial charge < -0.3 is 5.73 Å². The maximum atomic E-state index is 10.7. The molecule has 1 amide bonds. The fourth-order valence-corrected chi connectivity index (χ4v) is 1.12. The highest BCUT2D eigenvalue weighted by Crippen LogP contribution is 2.20. The van der Waals surface area contributed by atoms with Crippen molar-refractivity contribution >= 4 is 11.7 Å².